The van der Waals surface area contributed by atoms with Gasteiger partial charge in [-0.05, 0) is 38.2 Å². The number of benzene rings is 1. The molecule has 1 aliphatic rings. The molecule has 1 aromatic heterocycles. The van der Waals surface area contributed by atoms with Crippen LogP contribution in [-0.4, -0.2) is 44.5 Å². The van der Waals surface area contributed by atoms with Crippen molar-refractivity contribution in [1.29, 1.82) is 0 Å². The molecule has 0 saturated carbocycles. The third-order valence-corrected chi connectivity index (χ3v) is 4.80. The van der Waals surface area contributed by atoms with E-state index in [-0.39, 0.29) is 12.2 Å². The van der Waals surface area contributed by atoms with Crippen LogP contribution in [0.3, 0.4) is 0 Å². The molecule has 2 aromatic rings. The minimum Gasteiger partial charge on any atom is -0.373 e. The lowest BCUT2D eigenvalue weighted by atomic mass is 10.2. The zero-order chi connectivity index (χ0) is 16.6. The summed E-state index contributed by atoms with van der Waals surface area (Å²) in [6.45, 7) is 6.61. The Hall–Kier alpha value is -1.21. The summed E-state index contributed by atoms with van der Waals surface area (Å²) in [6.07, 6.45) is 0.444. The maximum atomic E-state index is 6.30. The zero-order valence-corrected chi connectivity index (χ0v) is 15.1. The zero-order valence-electron chi connectivity index (χ0n) is 13.6. The summed E-state index contributed by atoms with van der Waals surface area (Å²) in [5.74, 6) is 0.787. The number of hydrogen-bond acceptors (Lipinski definition) is 4. The highest BCUT2D eigenvalue weighted by Crippen LogP contribution is 2.26. The minimum absolute atomic E-state index is 0.222. The molecule has 2 heterocycles. The average Bonchev–Trinajstić information content (AvgIpc) is 2.75. The molecule has 0 aliphatic carbocycles. The Kier molecular flexibility index (Phi) is 4.87. The largest absolute Gasteiger partial charge is 0.373 e. The number of rotatable bonds is 3. The van der Waals surface area contributed by atoms with Crippen LogP contribution in [0.2, 0.25) is 5.02 Å². The number of morpholine rings is 1. The van der Waals surface area contributed by atoms with Crippen molar-refractivity contribution >= 4 is 23.8 Å². The summed E-state index contributed by atoms with van der Waals surface area (Å²) < 4.78 is 10.2. The Morgan fingerprint density at radius 3 is 2.57 bits per heavy atom. The number of hydrogen-bond donors (Lipinski definition) is 0. The van der Waals surface area contributed by atoms with Crippen LogP contribution in [0.25, 0.3) is 11.4 Å². The number of aromatic nitrogens is 3. The Morgan fingerprint density at radius 1 is 1.26 bits per heavy atom. The molecule has 1 fully saturated rings. The van der Waals surface area contributed by atoms with Crippen LogP contribution >= 0.6 is 23.8 Å². The van der Waals surface area contributed by atoms with Gasteiger partial charge in [0.05, 0.1) is 23.9 Å². The Balaban J connectivity index is 1.89. The van der Waals surface area contributed by atoms with E-state index >= 15 is 0 Å². The molecule has 0 radical (unpaired) electrons. The standard InChI is InChI=1S/C16H21ClN4OS/c1-11-8-20(9-12(2)22-11)10-21-16(23)19(3)15(18-21)13-6-4-5-7-14(13)17/h4-7,11-12H,8-10H2,1-3H3. The molecule has 1 saturated heterocycles. The number of nitrogens with zero attached hydrogens (tertiary/aromatic N) is 4. The molecule has 1 aromatic carbocycles. The van der Waals surface area contributed by atoms with Gasteiger partial charge in [0.25, 0.3) is 0 Å². The van der Waals surface area contributed by atoms with Gasteiger partial charge >= 0.3 is 0 Å². The van der Waals surface area contributed by atoms with Gasteiger partial charge in [-0.2, -0.15) is 5.10 Å². The second kappa shape index (κ2) is 6.73. The first kappa shape index (κ1) is 16.6. The average molecular weight is 353 g/mol. The summed E-state index contributed by atoms with van der Waals surface area (Å²) in [5.41, 5.74) is 0.894. The van der Waals surface area contributed by atoms with Gasteiger partial charge in [-0.25, -0.2) is 4.68 Å². The smallest absolute Gasteiger partial charge is 0.199 e. The third kappa shape index (κ3) is 3.50. The van der Waals surface area contributed by atoms with Gasteiger partial charge in [0, 0.05) is 25.7 Å². The lowest BCUT2D eigenvalue weighted by Crippen LogP contribution is -2.46. The lowest BCUT2D eigenvalue weighted by molar-refractivity contribution is -0.0777. The molecule has 0 N–H and O–H groups in total. The Labute approximate surface area is 146 Å². The first-order chi connectivity index (χ1) is 11.0. The summed E-state index contributed by atoms with van der Waals surface area (Å²) in [5, 5.41) is 5.37. The van der Waals surface area contributed by atoms with Gasteiger partial charge in [-0.15, -0.1) is 0 Å². The van der Waals surface area contributed by atoms with Gasteiger partial charge in [0.1, 0.15) is 0 Å². The first-order valence-corrected chi connectivity index (χ1v) is 8.51. The molecule has 3 rings (SSSR count). The van der Waals surface area contributed by atoms with E-state index in [0.29, 0.717) is 16.5 Å². The second-order valence-electron chi connectivity index (χ2n) is 6.08. The van der Waals surface area contributed by atoms with Crippen molar-refractivity contribution < 1.29 is 4.74 Å². The first-order valence-electron chi connectivity index (χ1n) is 7.72. The van der Waals surface area contributed by atoms with Crippen LogP contribution < -0.4 is 0 Å². The van der Waals surface area contributed by atoms with E-state index in [1.54, 1.807) is 0 Å². The van der Waals surface area contributed by atoms with Gasteiger partial charge in [0.2, 0.25) is 0 Å². The molecule has 1 aliphatic heterocycles. The summed E-state index contributed by atoms with van der Waals surface area (Å²) in [7, 11) is 1.93. The minimum atomic E-state index is 0.222. The summed E-state index contributed by atoms with van der Waals surface area (Å²) >= 11 is 11.8. The topological polar surface area (TPSA) is 35.2 Å². The van der Waals surface area contributed by atoms with Crippen molar-refractivity contribution in [3.05, 3.63) is 34.1 Å². The number of ether oxygens (including phenoxy) is 1. The van der Waals surface area contributed by atoms with E-state index in [1.165, 1.54) is 0 Å². The van der Waals surface area contributed by atoms with Crippen LogP contribution in [0.5, 0.6) is 0 Å². The van der Waals surface area contributed by atoms with Crippen molar-refractivity contribution in [1.82, 2.24) is 19.2 Å². The van der Waals surface area contributed by atoms with Gasteiger partial charge in [-0.1, -0.05) is 23.7 Å². The summed E-state index contributed by atoms with van der Waals surface area (Å²) in [6, 6.07) is 7.69. The molecule has 7 heteroatoms. The van der Waals surface area contributed by atoms with Crippen LogP contribution in [0, 0.1) is 4.77 Å². The molecule has 124 valence electrons. The van der Waals surface area contributed by atoms with Crippen molar-refractivity contribution in [2.75, 3.05) is 13.1 Å². The maximum absolute atomic E-state index is 6.30. The SMILES string of the molecule is CC1CN(Cn2nc(-c3ccccc3Cl)n(C)c2=S)CC(C)O1. The van der Waals surface area contributed by atoms with Crippen LogP contribution in [-0.2, 0) is 18.5 Å². The monoisotopic (exact) mass is 352 g/mol. The van der Waals surface area contributed by atoms with E-state index < -0.39 is 0 Å². The van der Waals surface area contributed by atoms with Crippen molar-refractivity contribution in [2.24, 2.45) is 7.05 Å². The predicted molar refractivity (Wildman–Crippen MR) is 94.1 cm³/mol. The van der Waals surface area contributed by atoms with Gasteiger partial charge in [0.15, 0.2) is 10.6 Å². The predicted octanol–water partition coefficient (Wildman–Crippen LogP) is 3.34. The Morgan fingerprint density at radius 2 is 1.91 bits per heavy atom. The maximum Gasteiger partial charge on any atom is 0.199 e. The highest BCUT2D eigenvalue weighted by Gasteiger charge is 2.23. The fraction of sp³-hybridized carbons (Fsp3) is 0.500. The molecule has 2 unspecified atom stereocenters. The van der Waals surface area contributed by atoms with Crippen LogP contribution in [0.4, 0.5) is 0 Å². The molecular weight excluding hydrogens is 332 g/mol. The third-order valence-electron chi connectivity index (χ3n) is 3.98. The fourth-order valence-electron chi connectivity index (χ4n) is 3.05. The highest BCUT2D eigenvalue weighted by molar-refractivity contribution is 7.71. The fourth-order valence-corrected chi connectivity index (χ4v) is 3.45. The molecule has 2 atom stereocenters. The van der Waals surface area contributed by atoms with E-state index in [2.05, 4.69) is 18.7 Å². The van der Waals surface area contributed by atoms with Gasteiger partial charge < -0.3 is 9.30 Å². The normalized spacial score (nSPS) is 22.4. The molecular formula is C16H21ClN4OS. The van der Waals surface area contributed by atoms with Crippen LogP contribution in [0.1, 0.15) is 13.8 Å². The quantitative estimate of drug-likeness (QED) is 0.794. The second-order valence-corrected chi connectivity index (χ2v) is 6.85. The molecule has 0 spiro atoms. The summed E-state index contributed by atoms with van der Waals surface area (Å²) in [4.78, 5) is 2.32. The van der Waals surface area contributed by atoms with E-state index in [9.17, 15) is 0 Å². The van der Waals surface area contributed by atoms with Crippen molar-refractivity contribution in [3.8, 4) is 11.4 Å². The molecule has 0 bridgehead atoms. The Bertz CT molecular complexity index is 747. The van der Waals surface area contributed by atoms with E-state index in [1.807, 2.05) is 40.6 Å². The van der Waals surface area contributed by atoms with Crippen molar-refractivity contribution in [2.45, 2.75) is 32.7 Å². The van der Waals surface area contributed by atoms with E-state index in [0.717, 1.165) is 24.5 Å². The lowest BCUT2D eigenvalue weighted by Gasteiger charge is -2.34. The number of halogens is 1. The molecule has 23 heavy (non-hydrogen) atoms. The van der Waals surface area contributed by atoms with Crippen molar-refractivity contribution in [3.63, 3.8) is 0 Å². The van der Waals surface area contributed by atoms with E-state index in [4.69, 9.17) is 33.7 Å². The highest BCUT2D eigenvalue weighted by atomic mass is 35.5. The van der Waals surface area contributed by atoms with Crippen LogP contribution in [0.15, 0.2) is 24.3 Å². The van der Waals surface area contributed by atoms with Gasteiger partial charge in [-0.3, -0.25) is 4.90 Å². The molecule has 0 amide bonds. The molecule has 5 nitrogen and oxygen atoms in total.